The van der Waals surface area contributed by atoms with Gasteiger partial charge in [0.25, 0.3) is 5.91 Å². The average Bonchev–Trinajstić information content (AvgIpc) is 3.09. The number of piperidine rings is 1. The minimum atomic E-state index is -0.292. The van der Waals surface area contributed by atoms with Gasteiger partial charge in [-0.05, 0) is 26.2 Å². The van der Waals surface area contributed by atoms with E-state index in [1.54, 1.807) is 11.8 Å². The zero-order chi connectivity index (χ0) is 17.5. The van der Waals surface area contributed by atoms with Crippen molar-refractivity contribution in [1.29, 1.82) is 0 Å². The summed E-state index contributed by atoms with van der Waals surface area (Å²) in [6.07, 6.45) is 5.69. The van der Waals surface area contributed by atoms with Gasteiger partial charge in [-0.1, -0.05) is 19.8 Å². The van der Waals surface area contributed by atoms with Crippen LogP contribution in [0.5, 0.6) is 0 Å². The lowest BCUT2D eigenvalue weighted by atomic mass is 9.98. The van der Waals surface area contributed by atoms with Gasteiger partial charge in [-0.15, -0.1) is 0 Å². The largest absolute Gasteiger partial charge is 0.466 e. The lowest BCUT2D eigenvalue weighted by Gasteiger charge is -2.30. The molecule has 0 radical (unpaired) electrons. The average molecular weight is 337 g/mol. The van der Waals surface area contributed by atoms with Crippen molar-refractivity contribution in [3.8, 4) is 0 Å². The first-order valence-corrected chi connectivity index (χ1v) is 8.73. The fourth-order valence-corrected chi connectivity index (χ4v) is 2.88. The van der Waals surface area contributed by atoms with Crippen LogP contribution in [0.2, 0.25) is 0 Å². The van der Waals surface area contributed by atoms with Crippen molar-refractivity contribution in [2.75, 3.05) is 19.7 Å². The third kappa shape index (κ3) is 4.56. The number of likely N-dealkylation sites (tertiary alicyclic amines) is 1. The molecule has 1 amide bonds. The van der Waals surface area contributed by atoms with Crippen LogP contribution in [0, 0.1) is 5.92 Å². The Labute approximate surface area is 142 Å². The Morgan fingerprint density at radius 1 is 1.50 bits per heavy atom. The standard InChI is InChI=1S/C17H27N3O4/c1-3-5-8-13(18)15-19-14(11-24-15)16(21)20-9-6-7-12(10-20)17(22)23-4-2/h11-13H,3-10,18H2,1-2H3. The number of oxazole rings is 1. The van der Waals surface area contributed by atoms with Crippen molar-refractivity contribution >= 4 is 11.9 Å². The molecular formula is C17H27N3O4. The highest BCUT2D eigenvalue weighted by atomic mass is 16.5. The van der Waals surface area contributed by atoms with Gasteiger partial charge in [0.1, 0.15) is 6.26 Å². The number of amides is 1. The number of hydrogen-bond acceptors (Lipinski definition) is 6. The summed E-state index contributed by atoms with van der Waals surface area (Å²) in [6, 6.07) is -0.292. The molecule has 2 N–H and O–H groups in total. The van der Waals surface area contributed by atoms with Gasteiger partial charge < -0.3 is 19.8 Å². The van der Waals surface area contributed by atoms with Gasteiger partial charge in [-0.2, -0.15) is 0 Å². The molecule has 1 aliphatic heterocycles. The third-order valence-corrected chi connectivity index (χ3v) is 4.26. The molecule has 0 bridgehead atoms. The van der Waals surface area contributed by atoms with E-state index in [0.717, 1.165) is 32.1 Å². The summed E-state index contributed by atoms with van der Waals surface area (Å²) in [5.74, 6) is -0.328. The summed E-state index contributed by atoms with van der Waals surface area (Å²) in [4.78, 5) is 30.4. The highest BCUT2D eigenvalue weighted by molar-refractivity contribution is 5.92. The summed E-state index contributed by atoms with van der Waals surface area (Å²) in [7, 11) is 0. The Balaban J connectivity index is 1.98. The van der Waals surface area contributed by atoms with Crippen LogP contribution in [-0.2, 0) is 9.53 Å². The molecule has 0 saturated carbocycles. The fraction of sp³-hybridized carbons (Fsp3) is 0.706. The molecular weight excluding hydrogens is 310 g/mol. The van der Waals surface area contributed by atoms with Gasteiger partial charge in [0, 0.05) is 13.1 Å². The van der Waals surface area contributed by atoms with E-state index in [4.69, 9.17) is 14.9 Å². The number of unbranched alkanes of at least 4 members (excludes halogenated alkanes) is 1. The molecule has 0 spiro atoms. The Morgan fingerprint density at radius 2 is 2.29 bits per heavy atom. The van der Waals surface area contributed by atoms with Crippen LogP contribution in [0.25, 0.3) is 0 Å². The minimum Gasteiger partial charge on any atom is -0.466 e. The molecule has 1 fully saturated rings. The Bertz CT molecular complexity index is 558. The zero-order valence-corrected chi connectivity index (χ0v) is 14.5. The molecule has 1 aliphatic rings. The van der Waals surface area contributed by atoms with Crippen molar-refractivity contribution in [2.24, 2.45) is 11.7 Å². The SMILES string of the molecule is CCCCC(N)c1nc(C(=O)N2CCCC(C(=O)OCC)C2)co1. The molecule has 2 atom stereocenters. The van der Waals surface area contributed by atoms with Crippen molar-refractivity contribution < 1.29 is 18.7 Å². The van der Waals surface area contributed by atoms with E-state index in [0.29, 0.717) is 25.6 Å². The van der Waals surface area contributed by atoms with E-state index >= 15 is 0 Å². The van der Waals surface area contributed by atoms with E-state index in [9.17, 15) is 9.59 Å². The number of hydrogen-bond donors (Lipinski definition) is 1. The van der Waals surface area contributed by atoms with Crippen molar-refractivity contribution in [3.63, 3.8) is 0 Å². The maximum absolute atomic E-state index is 12.6. The zero-order valence-electron chi connectivity index (χ0n) is 14.5. The number of aromatic nitrogens is 1. The predicted molar refractivity (Wildman–Crippen MR) is 88.2 cm³/mol. The second kappa shape index (κ2) is 8.82. The summed E-state index contributed by atoms with van der Waals surface area (Å²) in [6.45, 7) is 5.20. The van der Waals surface area contributed by atoms with Gasteiger partial charge in [0.15, 0.2) is 5.69 Å². The van der Waals surface area contributed by atoms with E-state index in [2.05, 4.69) is 11.9 Å². The van der Waals surface area contributed by atoms with Crippen LogP contribution >= 0.6 is 0 Å². The molecule has 1 aromatic rings. The number of carbonyl (C=O) groups is 2. The van der Waals surface area contributed by atoms with Crippen LogP contribution in [0.3, 0.4) is 0 Å². The lowest BCUT2D eigenvalue weighted by Crippen LogP contribution is -2.43. The minimum absolute atomic E-state index is 0.221. The molecule has 7 nitrogen and oxygen atoms in total. The molecule has 7 heteroatoms. The molecule has 0 aliphatic carbocycles. The smallest absolute Gasteiger partial charge is 0.310 e. The predicted octanol–water partition coefficient (Wildman–Crippen LogP) is 2.28. The topological polar surface area (TPSA) is 98.7 Å². The van der Waals surface area contributed by atoms with E-state index in [1.807, 2.05) is 0 Å². The van der Waals surface area contributed by atoms with Gasteiger partial charge in [-0.25, -0.2) is 4.98 Å². The first-order valence-electron chi connectivity index (χ1n) is 8.73. The normalized spacial score (nSPS) is 19.1. The number of carbonyl (C=O) groups excluding carboxylic acids is 2. The van der Waals surface area contributed by atoms with Gasteiger partial charge in [0.2, 0.25) is 5.89 Å². The molecule has 1 aromatic heterocycles. The number of rotatable bonds is 7. The Hall–Kier alpha value is -1.89. The van der Waals surface area contributed by atoms with Crippen LogP contribution in [-0.4, -0.2) is 41.5 Å². The van der Waals surface area contributed by atoms with E-state index in [-0.39, 0.29) is 29.5 Å². The van der Waals surface area contributed by atoms with Crippen LogP contribution in [0.15, 0.2) is 10.7 Å². The quantitative estimate of drug-likeness (QED) is 0.766. The van der Waals surface area contributed by atoms with Crippen LogP contribution in [0.1, 0.15) is 68.4 Å². The molecule has 2 rings (SSSR count). The molecule has 2 unspecified atom stereocenters. The van der Waals surface area contributed by atoms with Crippen molar-refractivity contribution in [2.45, 2.75) is 52.0 Å². The molecule has 1 saturated heterocycles. The maximum atomic E-state index is 12.6. The van der Waals surface area contributed by atoms with Gasteiger partial charge in [0.05, 0.1) is 18.6 Å². The van der Waals surface area contributed by atoms with Crippen molar-refractivity contribution in [1.82, 2.24) is 9.88 Å². The number of ether oxygens (including phenoxy) is 1. The van der Waals surface area contributed by atoms with Crippen LogP contribution in [0.4, 0.5) is 0 Å². The molecule has 0 aromatic carbocycles. The maximum Gasteiger partial charge on any atom is 0.310 e. The van der Waals surface area contributed by atoms with E-state index in [1.165, 1.54) is 6.26 Å². The Kier molecular flexibility index (Phi) is 6.78. The molecule has 134 valence electrons. The van der Waals surface area contributed by atoms with Gasteiger partial charge >= 0.3 is 5.97 Å². The fourth-order valence-electron chi connectivity index (χ4n) is 2.88. The third-order valence-electron chi connectivity index (χ3n) is 4.26. The summed E-state index contributed by atoms with van der Waals surface area (Å²) in [5, 5.41) is 0. The monoisotopic (exact) mass is 337 g/mol. The molecule has 24 heavy (non-hydrogen) atoms. The Morgan fingerprint density at radius 3 is 3.00 bits per heavy atom. The number of nitrogens with zero attached hydrogens (tertiary/aromatic N) is 2. The first kappa shape index (κ1) is 18.4. The second-order valence-corrected chi connectivity index (χ2v) is 6.16. The highest BCUT2D eigenvalue weighted by Gasteiger charge is 2.31. The number of esters is 1. The molecule has 2 heterocycles. The highest BCUT2D eigenvalue weighted by Crippen LogP contribution is 2.21. The second-order valence-electron chi connectivity index (χ2n) is 6.16. The summed E-state index contributed by atoms with van der Waals surface area (Å²) < 4.78 is 10.4. The van der Waals surface area contributed by atoms with Crippen molar-refractivity contribution in [3.05, 3.63) is 17.8 Å². The summed E-state index contributed by atoms with van der Waals surface area (Å²) >= 11 is 0. The number of nitrogens with two attached hydrogens (primary N) is 1. The van der Waals surface area contributed by atoms with Gasteiger partial charge in [-0.3, -0.25) is 9.59 Å². The summed E-state index contributed by atoms with van der Waals surface area (Å²) in [5.41, 5.74) is 6.28. The first-order chi connectivity index (χ1) is 11.6. The lowest BCUT2D eigenvalue weighted by molar-refractivity contribution is -0.149. The van der Waals surface area contributed by atoms with E-state index < -0.39 is 0 Å². The van der Waals surface area contributed by atoms with Crippen LogP contribution < -0.4 is 5.73 Å².